The first kappa shape index (κ1) is 24.3. The molecule has 1 saturated heterocycles. The molecule has 0 aromatic heterocycles. The number of hydrogen-bond donors (Lipinski definition) is 1. The Labute approximate surface area is 200 Å². The maximum absolute atomic E-state index is 13.8. The van der Waals surface area contributed by atoms with E-state index >= 15 is 0 Å². The molecule has 0 aliphatic carbocycles. The Morgan fingerprint density at radius 1 is 1.21 bits per heavy atom. The van der Waals surface area contributed by atoms with Crippen LogP contribution in [0.5, 0.6) is 17.2 Å². The minimum atomic E-state index is -0.809. The van der Waals surface area contributed by atoms with Gasteiger partial charge in [-0.25, -0.2) is 4.39 Å². The number of carbonyl (C=O) groups is 1. The first-order valence-electron chi connectivity index (χ1n) is 11.9. The summed E-state index contributed by atoms with van der Waals surface area (Å²) < 4.78 is 36.6. The van der Waals surface area contributed by atoms with E-state index in [1.807, 2.05) is 32.0 Å². The number of halogens is 1. The van der Waals surface area contributed by atoms with Gasteiger partial charge in [0.1, 0.15) is 11.6 Å². The van der Waals surface area contributed by atoms with Crippen molar-refractivity contribution < 1.29 is 28.1 Å². The van der Waals surface area contributed by atoms with Crippen molar-refractivity contribution in [2.45, 2.75) is 45.4 Å². The van der Waals surface area contributed by atoms with E-state index in [0.29, 0.717) is 37.8 Å². The quantitative estimate of drug-likeness (QED) is 0.537. The fourth-order valence-electron chi connectivity index (χ4n) is 4.11. The lowest BCUT2D eigenvalue weighted by Crippen LogP contribution is -2.48. The average Bonchev–Trinajstić information content (AvgIpc) is 3.48. The van der Waals surface area contributed by atoms with Crippen molar-refractivity contribution in [3.63, 3.8) is 0 Å². The third-order valence-corrected chi connectivity index (χ3v) is 5.80. The van der Waals surface area contributed by atoms with Crippen molar-refractivity contribution in [2.75, 3.05) is 33.0 Å². The molecule has 4 rings (SSSR count). The highest BCUT2D eigenvalue weighted by molar-refractivity contribution is 5.81. The maximum atomic E-state index is 13.8. The molecule has 0 spiro atoms. The molecule has 2 aromatic carbocycles. The normalized spacial score (nSPS) is 17.9. The second-order valence-electron chi connectivity index (χ2n) is 9.22. The molecular formula is C26H33FN2O5. The number of ether oxygens (including phenoxy) is 4. The topological polar surface area (TPSA) is 69.3 Å². The maximum Gasteiger partial charge on any atom is 0.262 e. The minimum Gasteiger partial charge on any atom is -0.479 e. The van der Waals surface area contributed by atoms with Crippen molar-refractivity contribution in [3.05, 3.63) is 53.8 Å². The zero-order chi connectivity index (χ0) is 23.9. The number of benzene rings is 2. The van der Waals surface area contributed by atoms with Crippen LogP contribution in [0.1, 0.15) is 32.3 Å². The zero-order valence-electron chi connectivity index (χ0n) is 19.8. The van der Waals surface area contributed by atoms with Gasteiger partial charge in [0, 0.05) is 38.9 Å². The predicted molar refractivity (Wildman–Crippen MR) is 125 cm³/mol. The van der Waals surface area contributed by atoms with Crippen LogP contribution in [0, 0.1) is 11.7 Å². The van der Waals surface area contributed by atoms with Crippen molar-refractivity contribution in [2.24, 2.45) is 5.92 Å². The van der Waals surface area contributed by atoms with E-state index in [1.165, 1.54) is 12.1 Å². The van der Waals surface area contributed by atoms with Crippen molar-refractivity contribution in [3.8, 4) is 17.2 Å². The van der Waals surface area contributed by atoms with Crippen LogP contribution in [0.4, 0.5) is 4.39 Å². The molecule has 0 saturated carbocycles. The van der Waals surface area contributed by atoms with Crippen LogP contribution in [0.25, 0.3) is 0 Å². The number of amides is 1. The van der Waals surface area contributed by atoms with Crippen LogP contribution in [0.3, 0.4) is 0 Å². The average molecular weight is 473 g/mol. The highest BCUT2D eigenvalue weighted by atomic mass is 19.1. The summed E-state index contributed by atoms with van der Waals surface area (Å²) in [6.07, 6.45) is 1.30. The predicted octanol–water partition coefficient (Wildman–Crippen LogP) is 3.76. The number of rotatable bonds is 11. The molecule has 34 heavy (non-hydrogen) atoms. The Hall–Kier alpha value is -2.84. The molecule has 2 unspecified atom stereocenters. The summed E-state index contributed by atoms with van der Waals surface area (Å²) in [6.45, 7) is 7.15. The van der Waals surface area contributed by atoms with E-state index < -0.39 is 11.9 Å². The SMILES string of the molecule is CC(C)CNC(=O)C(CN(Cc1ccc2c(c1)OCO2)CC1CCCO1)Oc1cccc(F)c1. The van der Waals surface area contributed by atoms with Gasteiger partial charge in [-0.15, -0.1) is 0 Å². The summed E-state index contributed by atoms with van der Waals surface area (Å²) in [5, 5.41) is 2.96. The molecule has 0 radical (unpaired) electrons. The second-order valence-corrected chi connectivity index (χ2v) is 9.22. The molecule has 2 heterocycles. The third kappa shape index (κ3) is 6.84. The van der Waals surface area contributed by atoms with Gasteiger partial charge in [-0.05, 0) is 48.6 Å². The lowest BCUT2D eigenvalue weighted by atomic mass is 10.1. The number of nitrogens with one attached hydrogen (secondary N) is 1. The highest BCUT2D eigenvalue weighted by Gasteiger charge is 2.27. The Morgan fingerprint density at radius 3 is 2.82 bits per heavy atom. The monoisotopic (exact) mass is 472 g/mol. The Morgan fingerprint density at radius 2 is 2.06 bits per heavy atom. The van der Waals surface area contributed by atoms with Gasteiger partial charge in [-0.2, -0.15) is 0 Å². The summed E-state index contributed by atoms with van der Waals surface area (Å²) in [7, 11) is 0. The number of nitrogens with zero attached hydrogens (tertiary/aromatic N) is 1. The third-order valence-electron chi connectivity index (χ3n) is 5.80. The van der Waals surface area contributed by atoms with Gasteiger partial charge in [0.25, 0.3) is 5.91 Å². The molecule has 2 aliphatic heterocycles. The van der Waals surface area contributed by atoms with Crippen LogP contribution in [-0.2, 0) is 16.1 Å². The lowest BCUT2D eigenvalue weighted by Gasteiger charge is -2.29. The van der Waals surface area contributed by atoms with E-state index in [9.17, 15) is 9.18 Å². The van der Waals surface area contributed by atoms with Crippen molar-refractivity contribution in [1.29, 1.82) is 0 Å². The van der Waals surface area contributed by atoms with E-state index in [1.54, 1.807) is 12.1 Å². The summed E-state index contributed by atoms with van der Waals surface area (Å²) >= 11 is 0. The summed E-state index contributed by atoms with van der Waals surface area (Å²) in [4.78, 5) is 15.3. The van der Waals surface area contributed by atoms with Gasteiger partial charge in [0.15, 0.2) is 17.6 Å². The van der Waals surface area contributed by atoms with Gasteiger partial charge in [0.2, 0.25) is 6.79 Å². The molecular weight excluding hydrogens is 439 g/mol. The van der Waals surface area contributed by atoms with E-state index in [4.69, 9.17) is 18.9 Å². The van der Waals surface area contributed by atoms with E-state index in [-0.39, 0.29) is 18.8 Å². The molecule has 1 fully saturated rings. The first-order valence-corrected chi connectivity index (χ1v) is 11.9. The standard InChI is InChI=1S/C26H33FN2O5/c1-18(2)13-28-26(30)25(34-21-6-3-5-20(27)12-21)16-29(15-22-7-4-10-31-22)14-19-8-9-23-24(11-19)33-17-32-23/h3,5-6,8-9,11-12,18,22,25H,4,7,10,13-17H2,1-2H3,(H,28,30). The summed E-state index contributed by atoms with van der Waals surface area (Å²) in [6, 6.07) is 11.7. The number of carbonyl (C=O) groups excluding carboxylic acids is 1. The largest absolute Gasteiger partial charge is 0.479 e. The Bertz CT molecular complexity index is 964. The Balaban J connectivity index is 1.52. The van der Waals surface area contributed by atoms with Crippen molar-refractivity contribution >= 4 is 5.91 Å². The summed E-state index contributed by atoms with van der Waals surface area (Å²) in [5.74, 6) is 1.45. The number of hydrogen-bond acceptors (Lipinski definition) is 6. The van der Waals surface area contributed by atoms with Gasteiger partial charge >= 0.3 is 0 Å². The molecule has 0 bridgehead atoms. The molecule has 2 aliphatic rings. The second kappa shape index (κ2) is 11.5. The zero-order valence-corrected chi connectivity index (χ0v) is 19.8. The summed E-state index contributed by atoms with van der Waals surface area (Å²) in [5.41, 5.74) is 1.04. The van der Waals surface area contributed by atoms with Gasteiger partial charge in [-0.1, -0.05) is 26.0 Å². The Kier molecular flexibility index (Phi) is 8.24. The molecule has 1 N–H and O–H groups in total. The minimum absolute atomic E-state index is 0.0996. The lowest BCUT2D eigenvalue weighted by molar-refractivity contribution is -0.129. The molecule has 7 nitrogen and oxygen atoms in total. The molecule has 8 heteroatoms. The fraction of sp³-hybridized carbons (Fsp3) is 0.500. The van der Waals surface area contributed by atoms with E-state index in [0.717, 1.165) is 36.5 Å². The smallest absolute Gasteiger partial charge is 0.262 e. The molecule has 184 valence electrons. The van der Waals surface area contributed by atoms with Crippen LogP contribution in [0.15, 0.2) is 42.5 Å². The first-order chi connectivity index (χ1) is 16.5. The van der Waals surface area contributed by atoms with Crippen LogP contribution >= 0.6 is 0 Å². The van der Waals surface area contributed by atoms with Crippen LogP contribution in [0.2, 0.25) is 0 Å². The van der Waals surface area contributed by atoms with Crippen LogP contribution in [-0.4, -0.2) is 56.0 Å². The molecule has 2 aromatic rings. The van der Waals surface area contributed by atoms with Gasteiger partial charge in [0.05, 0.1) is 6.10 Å². The fourth-order valence-corrected chi connectivity index (χ4v) is 4.11. The van der Waals surface area contributed by atoms with Gasteiger partial charge < -0.3 is 24.3 Å². The van der Waals surface area contributed by atoms with E-state index in [2.05, 4.69) is 10.2 Å². The van der Waals surface area contributed by atoms with Crippen LogP contribution < -0.4 is 19.5 Å². The van der Waals surface area contributed by atoms with Crippen molar-refractivity contribution in [1.82, 2.24) is 10.2 Å². The highest BCUT2D eigenvalue weighted by Crippen LogP contribution is 2.33. The molecule has 2 atom stereocenters. The number of fused-ring (bicyclic) bond motifs is 1. The molecule has 1 amide bonds. The van der Waals surface area contributed by atoms with Gasteiger partial charge in [-0.3, -0.25) is 9.69 Å².